The lowest BCUT2D eigenvalue weighted by Crippen LogP contribution is -2.02. The van der Waals surface area contributed by atoms with Gasteiger partial charge in [-0.25, -0.2) is 0 Å². The smallest absolute Gasteiger partial charge is 0.0487 e. The Labute approximate surface area is 96.4 Å². The van der Waals surface area contributed by atoms with Gasteiger partial charge >= 0.3 is 0 Å². The third kappa shape index (κ3) is 20.1. The van der Waals surface area contributed by atoms with Crippen LogP contribution in [0.3, 0.4) is 0 Å². The molecule has 94 valence electrons. The van der Waals surface area contributed by atoms with Crippen molar-refractivity contribution in [1.82, 2.24) is 0 Å². The van der Waals surface area contributed by atoms with E-state index in [1.165, 1.54) is 25.7 Å². The van der Waals surface area contributed by atoms with Crippen LogP contribution >= 0.6 is 0 Å². The maximum absolute atomic E-state index is 5.03. The molecule has 0 saturated carbocycles. The van der Waals surface area contributed by atoms with E-state index in [1.807, 2.05) is 0 Å². The van der Waals surface area contributed by atoms with Crippen LogP contribution in [-0.4, -0.2) is 27.4 Å². The molecular weight excluding hydrogens is 188 g/mol. The summed E-state index contributed by atoms with van der Waals surface area (Å²) in [7, 11) is 3.49. The van der Waals surface area contributed by atoms with Gasteiger partial charge < -0.3 is 9.47 Å². The van der Waals surface area contributed by atoms with Crippen LogP contribution in [0.2, 0.25) is 0 Å². The fraction of sp³-hybridized carbons (Fsp3) is 1.00. The number of hydrogen-bond donors (Lipinski definition) is 0. The van der Waals surface area contributed by atoms with Gasteiger partial charge in [0.05, 0.1) is 0 Å². The van der Waals surface area contributed by atoms with E-state index < -0.39 is 0 Å². The number of hydrogen-bond acceptors (Lipinski definition) is 2. The maximum Gasteiger partial charge on any atom is 0.0487 e. The summed E-state index contributed by atoms with van der Waals surface area (Å²) in [5, 5.41) is 0. The topological polar surface area (TPSA) is 18.5 Å². The van der Waals surface area contributed by atoms with Crippen LogP contribution in [0.5, 0.6) is 0 Å². The molecule has 1 atom stereocenters. The van der Waals surface area contributed by atoms with Gasteiger partial charge in [-0.15, -0.1) is 0 Å². The SMILES string of the molecule is CCCCCC(C)COC.CCCOC. The van der Waals surface area contributed by atoms with Crippen LogP contribution in [0, 0.1) is 5.92 Å². The van der Waals surface area contributed by atoms with Crippen molar-refractivity contribution in [3.8, 4) is 0 Å². The Morgan fingerprint density at radius 2 is 1.60 bits per heavy atom. The first-order chi connectivity index (χ1) is 7.22. The van der Waals surface area contributed by atoms with Crippen molar-refractivity contribution in [3.63, 3.8) is 0 Å². The standard InChI is InChI=1S/C9H20O.C4H10O/c1-4-5-6-7-9(2)8-10-3;1-3-4-5-2/h9H,4-8H2,1-3H3;3-4H2,1-2H3. The molecule has 1 unspecified atom stereocenters. The molecule has 0 heterocycles. The van der Waals surface area contributed by atoms with E-state index in [4.69, 9.17) is 9.47 Å². The van der Waals surface area contributed by atoms with Crippen molar-refractivity contribution in [2.45, 2.75) is 52.9 Å². The predicted molar refractivity (Wildman–Crippen MR) is 67.3 cm³/mol. The molecule has 15 heavy (non-hydrogen) atoms. The van der Waals surface area contributed by atoms with Gasteiger partial charge in [0.1, 0.15) is 0 Å². The number of ether oxygens (including phenoxy) is 2. The molecule has 0 aromatic heterocycles. The lowest BCUT2D eigenvalue weighted by molar-refractivity contribution is 0.154. The van der Waals surface area contributed by atoms with E-state index in [9.17, 15) is 0 Å². The van der Waals surface area contributed by atoms with E-state index in [-0.39, 0.29) is 0 Å². The van der Waals surface area contributed by atoms with Gasteiger partial charge in [0.15, 0.2) is 0 Å². The van der Waals surface area contributed by atoms with Crippen molar-refractivity contribution in [2.24, 2.45) is 5.92 Å². The van der Waals surface area contributed by atoms with Gasteiger partial charge in [-0.2, -0.15) is 0 Å². The molecule has 0 radical (unpaired) electrons. The van der Waals surface area contributed by atoms with Crippen LogP contribution in [0.25, 0.3) is 0 Å². The highest BCUT2D eigenvalue weighted by Crippen LogP contribution is 2.08. The summed E-state index contributed by atoms with van der Waals surface area (Å²) >= 11 is 0. The Morgan fingerprint density at radius 1 is 0.933 bits per heavy atom. The number of unbranched alkanes of at least 4 members (excludes halogenated alkanes) is 2. The zero-order chi connectivity index (χ0) is 11.9. The molecule has 2 nitrogen and oxygen atoms in total. The fourth-order valence-corrected chi connectivity index (χ4v) is 1.31. The second-order valence-electron chi connectivity index (χ2n) is 4.05. The predicted octanol–water partition coefficient (Wildman–Crippen LogP) is 3.89. The Hall–Kier alpha value is -0.0800. The maximum atomic E-state index is 5.03. The first-order valence-electron chi connectivity index (χ1n) is 6.20. The summed E-state index contributed by atoms with van der Waals surface area (Å²) in [5.41, 5.74) is 0. The van der Waals surface area contributed by atoms with Crippen LogP contribution in [0.15, 0.2) is 0 Å². The molecule has 0 amide bonds. The third-order valence-electron chi connectivity index (χ3n) is 2.16. The Morgan fingerprint density at radius 3 is 1.93 bits per heavy atom. The van der Waals surface area contributed by atoms with Crippen molar-refractivity contribution >= 4 is 0 Å². The summed E-state index contributed by atoms with van der Waals surface area (Å²) in [5.74, 6) is 0.747. The van der Waals surface area contributed by atoms with Crippen molar-refractivity contribution < 1.29 is 9.47 Å². The molecule has 0 aromatic rings. The molecule has 0 N–H and O–H groups in total. The van der Waals surface area contributed by atoms with Gasteiger partial charge in [-0.05, 0) is 18.8 Å². The molecule has 0 aliphatic rings. The van der Waals surface area contributed by atoms with E-state index >= 15 is 0 Å². The summed E-state index contributed by atoms with van der Waals surface area (Å²) in [6.07, 6.45) is 6.49. The van der Waals surface area contributed by atoms with Gasteiger partial charge in [0.2, 0.25) is 0 Å². The van der Waals surface area contributed by atoms with E-state index in [0.29, 0.717) is 0 Å². The normalized spacial score (nSPS) is 11.8. The molecular formula is C13H30O2. The van der Waals surface area contributed by atoms with Crippen LogP contribution in [-0.2, 0) is 9.47 Å². The highest BCUT2D eigenvalue weighted by Gasteiger charge is 1.98. The monoisotopic (exact) mass is 218 g/mol. The average molecular weight is 218 g/mol. The van der Waals surface area contributed by atoms with Crippen molar-refractivity contribution in [1.29, 1.82) is 0 Å². The van der Waals surface area contributed by atoms with E-state index in [2.05, 4.69) is 20.8 Å². The van der Waals surface area contributed by atoms with Crippen LogP contribution in [0.1, 0.15) is 52.9 Å². The Balaban J connectivity index is 0. The van der Waals surface area contributed by atoms with Gasteiger partial charge in [0, 0.05) is 27.4 Å². The molecule has 0 aliphatic heterocycles. The summed E-state index contributed by atoms with van der Waals surface area (Å²) in [6.45, 7) is 8.38. The summed E-state index contributed by atoms with van der Waals surface area (Å²) in [4.78, 5) is 0. The highest BCUT2D eigenvalue weighted by molar-refractivity contribution is 4.50. The first kappa shape index (κ1) is 17.3. The lowest BCUT2D eigenvalue weighted by atomic mass is 10.0. The molecule has 0 rings (SSSR count). The molecule has 0 bridgehead atoms. The van der Waals surface area contributed by atoms with Crippen molar-refractivity contribution in [2.75, 3.05) is 27.4 Å². The number of rotatable bonds is 8. The van der Waals surface area contributed by atoms with Gasteiger partial charge in [-0.3, -0.25) is 0 Å². The highest BCUT2D eigenvalue weighted by atomic mass is 16.5. The van der Waals surface area contributed by atoms with E-state index in [1.54, 1.807) is 14.2 Å². The zero-order valence-electron chi connectivity index (χ0n) is 11.3. The first-order valence-corrected chi connectivity index (χ1v) is 6.20. The van der Waals surface area contributed by atoms with Gasteiger partial charge in [-0.1, -0.05) is 40.0 Å². The summed E-state index contributed by atoms with van der Waals surface area (Å²) < 4.78 is 9.73. The minimum absolute atomic E-state index is 0.747. The molecule has 0 fully saturated rings. The molecule has 0 saturated heterocycles. The van der Waals surface area contributed by atoms with Gasteiger partial charge in [0.25, 0.3) is 0 Å². The zero-order valence-corrected chi connectivity index (χ0v) is 11.3. The second kappa shape index (κ2) is 16.4. The average Bonchev–Trinajstić information content (AvgIpc) is 2.21. The Bertz CT molecular complexity index is 92.5. The minimum atomic E-state index is 0.747. The minimum Gasteiger partial charge on any atom is -0.385 e. The van der Waals surface area contributed by atoms with Crippen LogP contribution < -0.4 is 0 Å². The van der Waals surface area contributed by atoms with E-state index in [0.717, 1.165) is 25.6 Å². The molecule has 0 aliphatic carbocycles. The fourth-order valence-electron chi connectivity index (χ4n) is 1.31. The van der Waals surface area contributed by atoms with Crippen molar-refractivity contribution in [3.05, 3.63) is 0 Å². The molecule has 2 heteroatoms. The number of methoxy groups -OCH3 is 2. The second-order valence-corrected chi connectivity index (χ2v) is 4.05. The summed E-state index contributed by atoms with van der Waals surface area (Å²) in [6, 6.07) is 0. The largest absolute Gasteiger partial charge is 0.385 e. The third-order valence-corrected chi connectivity index (χ3v) is 2.16. The molecule has 0 aromatic carbocycles. The van der Waals surface area contributed by atoms with Crippen LogP contribution in [0.4, 0.5) is 0 Å². The lowest BCUT2D eigenvalue weighted by Gasteiger charge is -2.08. The quantitative estimate of drug-likeness (QED) is 0.575. The molecule has 0 spiro atoms. The Kier molecular flexibility index (Phi) is 18.9.